The summed E-state index contributed by atoms with van der Waals surface area (Å²) in [5.74, 6) is 1.94. The molecule has 0 unspecified atom stereocenters. The molecule has 0 aliphatic rings. The molecular formula is C51H29N3O2S. The molecule has 6 heteroatoms. The Morgan fingerprint density at radius 2 is 0.965 bits per heavy atom. The maximum atomic E-state index is 6.68. The van der Waals surface area contributed by atoms with Crippen LogP contribution in [-0.4, -0.2) is 15.0 Å². The van der Waals surface area contributed by atoms with Gasteiger partial charge in [0, 0.05) is 64.0 Å². The summed E-state index contributed by atoms with van der Waals surface area (Å²) in [6.07, 6.45) is 0. The Kier molecular flexibility index (Phi) is 7.03. The van der Waals surface area contributed by atoms with Crippen molar-refractivity contribution in [3.8, 4) is 56.4 Å². The van der Waals surface area contributed by atoms with Gasteiger partial charge < -0.3 is 8.83 Å². The van der Waals surface area contributed by atoms with Gasteiger partial charge in [0.15, 0.2) is 17.5 Å². The van der Waals surface area contributed by atoms with Crippen LogP contribution in [0.4, 0.5) is 0 Å². The van der Waals surface area contributed by atoms with E-state index in [0.717, 1.165) is 93.6 Å². The third-order valence-electron chi connectivity index (χ3n) is 10.9. The van der Waals surface area contributed by atoms with Crippen LogP contribution in [0.3, 0.4) is 0 Å². The molecule has 4 heterocycles. The van der Waals surface area contributed by atoms with Gasteiger partial charge in [-0.05, 0) is 59.2 Å². The van der Waals surface area contributed by atoms with Gasteiger partial charge in [0.25, 0.3) is 0 Å². The summed E-state index contributed by atoms with van der Waals surface area (Å²) in [5.41, 5.74) is 10.7. The second-order valence-corrected chi connectivity index (χ2v) is 15.4. The molecule has 5 nitrogen and oxygen atoms in total. The summed E-state index contributed by atoms with van der Waals surface area (Å²) < 4.78 is 15.3. The van der Waals surface area contributed by atoms with Crippen molar-refractivity contribution in [1.29, 1.82) is 0 Å². The van der Waals surface area contributed by atoms with Gasteiger partial charge in [0.05, 0.1) is 0 Å². The molecule has 0 bridgehead atoms. The van der Waals surface area contributed by atoms with Gasteiger partial charge in [0.2, 0.25) is 0 Å². The van der Waals surface area contributed by atoms with Crippen LogP contribution in [0.25, 0.3) is 120 Å². The molecule has 0 N–H and O–H groups in total. The normalized spacial score (nSPS) is 11.9. The number of nitrogens with zero attached hydrogens (tertiary/aromatic N) is 3. The molecule has 12 aromatic rings. The van der Waals surface area contributed by atoms with Crippen LogP contribution in [0.5, 0.6) is 0 Å². The summed E-state index contributed by atoms with van der Waals surface area (Å²) in [4.78, 5) is 15.1. The van der Waals surface area contributed by atoms with Crippen molar-refractivity contribution in [2.24, 2.45) is 0 Å². The van der Waals surface area contributed by atoms with Gasteiger partial charge in [-0.2, -0.15) is 0 Å². The second kappa shape index (κ2) is 12.6. The lowest BCUT2D eigenvalue weighted by Gasteiger charge is -2.10. The van der Waals surface area contributed by atoms with E-state index in [1.807, 2.05) is 84.9 Å². The minimum Gasteiger partial charge on any atom is -0.456 e. The van der Waals surface area contributed by atoms with E-state index in [-0.39, 0.29) is 0 Å². The quantitative estimate of drug-likeness (QED) is 0.175. The van der Waals surface area contributed by atoms with Gasteiger partial charge in [-0.15, -0.1) is 11.3 Å². The van der Waals surface area contributed by atoms with Crippen LogP contribution < -0.4 is 0 Å². The molecule has 12 rings (SSSR count). The topological polar surface area (TPSA) is 65.0 Å². The first kappa shape index (κ1) is 31.9. The Morgan fingerprint density at radius 1 is 0.333 bits per heavy atom. The second-order valence-electron chi connectivity index (χ2n) is 14.3. The molecule has 57 heavy (non-hydrogen) atoms. The minimum atomic E-state index is 0.645. The summed E-state index contributed by atoms with van der Waals surface area (Å²) in [6, 6.07) is 60.9. The lowest BCUT2D eigenvalue weighted by Crippen LogP contribution is -2.00. The lowest BCUT2D eigenvalue weighted by atomic mass is 9.93. The highest BCUT2D eigenvalue weighted by Crippen LogP contribution is 2.45. The van der Waals surface area contributed by atoms with Crippen molar-refractivity contribution in [3.63, 3.8) is 0 Å². The summed E-state index contributed by atoms with van der Waals surface area (Å²) >= 11 is 1.78. The zero-order valence-electron chi connectivity index (χ0n) is 30.3. The first-order chi connectivity index (χ1) is 28.2. The van der Waals surface area contributed by atoms with Crippen LogP contribution in [0, 0.1) is 0 Å². The smallest absolute Gasteiger partial charge is 0.164 e. The van der Waals surface area contributed by atoms with Crippen molar-refractivity contribution in [2.75, 3.05) is 0 Å². The van der Waals surface area contributed by atoms with Gasteiger partial charge in [-0.3, -0.25) is 0 Å². The third-order valence-corrected chi connectivity index (χ3v) is 12.1. The zero-order valence-corrected chi connectivity index (χ0v) is 31.1. The molecule has 0 aliphatic heterocycles. The number of hydrogen-bond acceptors (Lipinski definition) is 6. The first-order valence-corrected chi connectivity index (χ1v) is 19.7. The van der Waals surface area contributed by atoms with Gasteiger partial charge in [-0.1, -0.05) is 133 Å². The van der Waals surface area contributed by atoms with E-state index in [1.54, 1.807) is 11.3 Å². The summed E-state index contributed by atoms with van der Waals surface area (Å²) in [6.45, 7) is 0. The Hall–Kier alpha value is -7.41. The third kappa shape index (κ3) is 5.12. The molecule has 0 saturated heterocycles. The molecule has 8 aromatic carbocycles. The van der Waals surface area contributed by atoms with E-state index >= 15 is 0 Å². The van der Waals surface area contributed by atoms with Gasteiger partial charge >= 0.3 is 0 Å². The number of rotatable bonds is 5. The number of aromatic nitrogens is 3. The Labute approximate surface area is 330 Å². The fourth-order valence-electron chi connectivity index (χ4n) is 8.32. The molecule has 0 fully saturated rings. The number of benzene rings is 8. The maximum absolute atomic E-state index is 6.68. The van der Waals surface area contributed by atoms with Crippen molar-refractivity contribution >= 4 is 75.4 Å². The Balaban J connectivity index is 1.07. The predicted octanol–water partition coefficient (Wildman–Crippen LogP) is 14.4. The number of fused-ring (bicyclic) bond motifs is 9. The maximum Gasteiger partial charge on any atom is 0.164 e. The molecule has 0 atom stereocenters. The minimum absolute atomic E-state index is 0.645. The fourth-order valence-corrected chi connectivity index (χ4v) is 9.49. The van der Waals surface area contributed by atoms with Crippen LogP contribution in [0.1, 0.15) is 0 Å². The molecular weight excluding hydrogens is 719 g/mol. The number of furan rings is 2. The van der Waals surface area contributed by atoms with Crippen molar-refractivity contribution in [2.45, 2.75) is 0 Å². The summed E-state index contributed by atoms with van der Waals surface area (Å²) in [5, 5.41) is 6.69. The lowest BCUT2D eigenvalue weighted by molar-refractivity contribution is 0.669. The van der Waals surface area contributed by atoms with Crippen molar-refractivity contribution in [3.05, 3.63) is 176 Å². The standard InChI is InChI=1S/C51H29N3O2S/c1-3-13-30(14-4-1)49-52-50(31-15-5-2-6-16-31)54-51(53-49)38-20-12-24-44-47(38)37-26-25-32(29-45(37)57-44)39-27-33(28-40-35-17-7-9-21-41(35)56-48(39)40)34-19-11-23-43-46(34)36-18-8-10-22-42(36)55-43/h1-29H. The van der Waals surface area contributed by atoms with E-state index in [1.165, 1.54) is 9.40 Å². The highest BCUT2D eigenvalue weighted by Gasteiger charge is 2.21. The zero-order chi connectivity index (χ0) is 37.5. The van der Waals surface area contributed by atoms with E-state index in [4.69, 9.17) is 23.8 Å². The molecule has 0 amide bonds. The molecule has 0 radical (unpaired) electrons. The average molecular weight is 748 g/mol. The highest BCUT2D eigenvalue weighted by molar-refractivity contribution is 7.26. The highest BCUT2D eigenvalue weighted by atomic mass is 32.1. The molecule has 0 saturated carbocycles. The molecule has 0 aliphatic carbocycles. The average Bonchev–Trinajstić information content (AvgIpc) is 3.97. The van der Waals surface area contributed by atoms with E-state index in [0.29, 0.717) is 17.5 Å². The van der Waals surface area contributed by atoms with Gasteiger partial charge in [0.1, 0.15) is 22.3 Å². The number of para-hydroxylation sites is 2. The molecule has 0 spiro atoms. The fraction of sp³-hybridized carbons (Fsp3) is 0. The van der Waals surface area contributed by atoms with E-state index in [9.17, 15) is 0 Å². The van der Waals surface area contributed by atoms with Crippen LogP contribution >= 0.6 is 11.3 Å². The molecule has 266 valence electrons. The molecule has 4 aromatic heterocycles. The van der Waals surface area contributed by atoms with E-state index < -0.39 is 0 Å². The van der Waals surface area contributed by atoms with Gasteiger partial charge in [-0.25, -0.2) is 15.0 Å². The SMILES string of the molecule is c1ccc(-c2nc(-c3ccccc3)nc(-c3cccc4sc5cc(-c6cc(-c7cccc8oc9ccccc9c78)cc7c6oc6ccccc67)ccc5c34)n2)cc1. The van der Waals surface area contributed by atoms with Crippen molar-refractivity contribution < 1.29 is 8.83 Å². The number of hydrogen-bond donors (Lipinski definition) is 0. The Morgan fingerprint density at radius 3 is 1.74 bits per heavy atom. The predicted molar refractivity (Wildman–Crippen MR) is 234 cm³/mol. The Bertz CT molecular complexity index is 3470. The number of thiophene rings is 1. The van der Waals surface area contributed by atoms with Crippen LogP contribution in [0.15, 0.2) is 185 Å². The largest absolute Gasteiger partial charge is 0.456 e. The van der Waals surface area contributed by atoms with Crippen LogP contribution in [0.2, 0.25) is 0 Å². The van der Waals surface area contributed by atoms with Crippen LogP contribution in [-0.2, 0) is 0 Å². The first-order valence-electron chi connectivity index (χ1n) is 18.9. The summed E-state index contributed by atoms with van der Waals surface area (Å²) in [7, 11) is 0. The monoisotopic (exact) mass is 747 g/mol. The van der Waals surface area contributed by atoms with E-state index in [2.05, 4.69) is 91.0 Å². The van der Waals surface area contributed by atoms with Crippen molar-refractivity contribution in [1.82, 2.24) is 15.0 Å².